The van der Waals surface area contributed by atoms with Crippen molar-refractivity contribution in [3.05, 3.63) is 163 Å². The van der Waals surface area contributed by atoms with Crippen molar-refractivity contribution in [3.63, 3.8) is 0 Å². The smallest absolute Gasteiger partial charge is 0.122 e. The predicted octanol–water partition coefficient (Wildman–Crippen LogP) is 9.96. The second-order valence-corrected chi connectivity index (χ2v) is 14.2. The van der Waals surface area contributed by atoms with Gasteiger partial charge in [-0.25, -0.2) is 0 Å². The molecule has 0 aromatic heterocycles. The fourth-order valence-corrected chi connectivity index (χ4v) is 6.21. The Labute approximate surface area is 330 Å². The lowest BCUT2D eigenvalue weighted by molar-refractivity contribution is 0.178. The van der Waals surface area contributed by atoms with Gasteiger partial charge in [-0.1, -0.05) is 122 Å². The van der Waals surface area contributed by atoms with Gasteiger partial charge in [0.05, 0.1) is 20.3 Å². The summed E-state index contributed by atoms with van der Waals surface area (Å²) >= 11 is 10.3. The zero-order valence-electron chi connectivity index (χ0n) is 29.3. The SMILES string of the molecule is C.CNCC(O)c1ccc(Br)cc1.CNCC(c1ccc(Br)cc1)c1ccc(OC)cc1.CNCC(c1ccc(Br)cc1)c1ccccc1OC. The van der Waals surface area contributed by atoms with Gasteiger partial charge in [-0.15, -0.1) is 0 Å². The zero-order chi connectivity index (χ0) is 36.3. The molecule has 9 heteroatoms. The van der Waals surface area contributed by atoms with Gasteiger partial charge in [-0.05, 0) is 98.0 Å². The molecular weight excluding hydrogens is 834 g/mol. The van der Waals surface area contributed by atoms with E-state index in [9.17, 15) is 5.11 Å². The van der Waals surface area contributed by atoms with Crippen LogP contribution in [-0.2, 0) is 0 Å². The maximum absolute atomic E-state index is 9.53. The highest BCUT2D eigenvalue weighted by molar-refractivity contribution is 9.11. The molecule has 3 unspecified atom stereocenters. The van der Waals surface area contributed by atoms with Crippen LogP contribution >= 0.6 is 47.8 Å². The second-order valence-electron chi connectivity index (χ2n) is 11.5. The predicted molar refractivity (Wildman–Crippen MR) is 226 cm³/mol. The van der Waals surface area contributed by atoms with Crippen molar-refractivity contribution < 1.29 is 14.6 Å². The molecule has 4 N–H and O–H groups in total. The molecule has 5 aromatic carbocycles. The summed E-state index contributed by atoms with van der Waals surface area (Å²) in [6, 6.07) is 41.1. The molecule has 0 aliphatic rings. The number of aliphatic hydroxyl groups is 1. The summed E-state index contributed by atoms with van der Waals surface area (Å²) in [7, 11) is 9.18. The molecule has 3 atom stereocenters. The minimum atomic E-state index is -0.414. The standard InChI is InChI=1S/2C16H18BrNO.C9H12BrNO.CH4/c1-18-11-16(12-3-7-14(17)8-4-12)13-5-9-15(19-2)10-6-13;1-18-11-15(12-7-9-13(17)10-8-12)14-5-3-4-6-16(14)19-2;1-11-6-9(12)7-2-4-8(10)5-3-7;/h3-10,16,18H,11H2,1-2H3;3-10,15,18H,11H2,1-2H3;2-5,9,11-12H,6H2,1H3;1H4. The molecule has 274 valence electrons. The number of benzene rings is 5. The fourth-order valence-electron chi connectivity index (χ4n) is 5.42. The van der Waals surface area contributed by atoms with Gasteiger partial charge in [0, 0.05) is 50.5 Å². The first-order valence-corrected chi connectivity index (χ1v) is 18.8. The van der Waals surface area contributed by atoms with Crippen LogP contribution in [0.5, 0.6) is 11.5 Å². The molecule has 6 nitrogen and oxygen atoms in total. The Kier molecular flexibility index (Phi) is 21.0. The number of aliphatic hydroxyl groups excluding tert-OH is 1. The normalized spacial score (nSPS) is 12.1. The van der Waals surface area contributed by atoms with Crippen LogP contribution in [0.1, 0.15) is 53.2 Å². The number of hydrogen-bond donors (Lipinski definition) is 4. The summed E-state index contributed by atoms with van der Waals surface area (Å²) in [4.78, 5) is 0. The average molecular weight is 887 g/mol. The molecule has 0 aliphatic heterocycles. The Morgan fingerprint density at radius 1 is 0.510 bits per heavy atom. The Balaban J connectivity index is 0.000000270. The molecule has 0 radical (unpaired) electrons. The molecule has 0 saturated carbocycles. The van der Waals surface area contributed by atoms with Crippen molar-refractivity contribution in [1.82, 2.24) is 16.0 Å². The highest BCUT2D eigenvalue weighted by atomic mass is 79.9. The van der Waals surface area contributed by atoms with E-state index in [0.717, 1.165) is 43.6 Å². The first-order chi connectivity index (χ1) is 24.2. The minimum Gasteiger partial charge on any atom is -0.497 e. The molecule has 0 spiro atoms. The van der Waals surface area contributed by atoms with Crippen LogP contribution in [0, 0.1) is 0 Å². The zero-order valence-corrected chi connectivity index (χ0v) is 34.1. The van der Waals surface area contributed by atoms with Crippen LogP contribution in [0.4, 0.5) is 0 Å². The lowest BCUT2D eigenvalue weighted by atomic mass is 9.90. The van der Waals surface area contributed by atoms with E-state index in [1.807, 2.05) is 69.7 Å². The van der Waals surface area contributed by atoms with Gasteiger partial charge in [0.1, 0.15) is 11.5 Å². The van der Waals surface area contributed by atoms with Gasteiger partial charge in [0.25, 0.3) is 0 Å². The molecule has 0 amide bonds. The third-order valence-electron chi connectivity index (χ3n) is 8.05. The summed E-state index contributed by atoms with van der Waals surface area (Å²) in [5, 5.41) is 19.0. The van der Waals surface area contributed by atoms with E-state index in [1.54, 1.807) is 14.2 Å². The first-order valence-electron chi connectivity index (χ1n) is 16.4. The van der Waals surface area contributed by atoms with Crippen molar-refractivity contribution in [2.45, 2.75) is 25.4 Å². The third kappa shape index (κ3) is 14.5. The Hall–Kier alpha value is -3.02. The molecule has 0 fully saturated rings. The van der Waals surface area contributed by atoms with E-state index in [1.165, 1.54) is 22.3 Å². The number of ether oxygens (including phenoxy) is 2. The summed E-state index contributed by atoms with van der Waals surface area (Å²) in [6.45, 7) is 2.37. The highest BCUT2D eigenvalue weighted by Crippen LogP contribution is 2.32. The third-order valence-corrected chi connectivity index (χ3v) is 9.63. The van der Waals surface area contributed by atoms with Crippen molar-refractivity contribution in [2.75, 3.05) is 55.0 Å². The topological polar surface area (TPSA) is 74.8 Å². The van der Waals surface area contributed by atoms with Gasteiger partial charge in [0.2, 0.25) is 0 Å². The maximum atomic E-state index is 9.53. The lowest BCUT2D eigenvalue weighted by Gasteiger charge is -2.20. The van der Waals surface area contributed by atoms with Crippen molar-refractivity contribution >= 4 is 47.8 Å². The second kappa shape index (κ2) is 24.3. The van der Waals surface area contributed by atoms with Crippen molar-refractivity contribution in [3.8, 4) is 11.5 Å². The summed E-state index contributed by atoms with van der Waals surface area (Å²) in [5.41, 5.74) is 6.02. The van der Waals surface area contributed by atoms with Crippen LogP contribution in [0.3, 0.4) is 0 Å². The Morgan fingerprint density at radius 2 is 0.902 bits per heavy atom. The van der Waals surface area contributed by atoms with Gasteiger partial charge in [-0.3, -0.25) is 0 Å². The minimum absolute atomic E-state index is 0. The fraction of sp³-hybridized carbons (Fsp3) is 0.286. The molecule has 0 heterocycles. The van der Waals surface area contributed by atoms with Crippen LogP contribution in [0.2, 0.25) is 0 Å². The average Bonchev–Trinajstić information content (AvgIpc) is 3.15. The van der Waals surface area contributed by atoms with Crippen LogP contribution in [-0.4, -0.2) is 60.1 Å². The van der Waals surface area contributed by atoms with E-state index < -0.39 is 6.10 Å². The number of para-hydroxylation sites is 1. The van der Waals surface area contributed by atoms with Gasteiger partial charge in [-0.2, -0.15) is 0 Å². The number of likely N-dealkylation sites (N-methyl/N-ethyl adjacent to an activating group) is 3. The number of methoxy groups -OCH3 is 2. The summed E-state index contributed by atoms with van der Waals surface area (Å²) in [5.74, 6) is 2.46. The highest BCUT2D eigenvalue weighted by Gasteiger charge is 2.17. The lowest BCUT2D eigenvalue weighted by Crippen LogP contribution is -2.18. The van der Waals surface area contributed by atoms with Crippen molar-refractivity contribution in [2.24, 2.45) is 0 Å². The molecule has 5 rings (SSSR count). The van der Waals surface area contributed by atoms with Crippen LogP contribution in [0.25, 0.3) is 0 Å². The molecular formula is C42H52Br3N3O3. The molecule has 5 aromatic rings. The monoisotopic (exact) mass is 883 g/mol. The number of hydrogen-bond acceptors (Lipinski definition) is 6. The molecule has 0 aliphatic carbocycles. The number of rotatable bonds is 13. The number of nitrogens with one attached hydrogen (secondary N) is 3. The molecule has 0 saturated heterocycles. The first kappa shape index (κ1) is 44.1. The van der Waals surface area contributed by atoms with Gasteiger partial charge < -0.3 is 30.5 Å². The van der Waals surface area contributed by atoms with Gasteiger partial charge in [0.15, 0.2) is 0 Å². The summed E-state index contributed by atoms with van der Waals surface area (Å²) in [6.07, 6.45) is -0.414. The van der Waals surface area contributed by atoms with E-state index in [2.05, 4.69) is 137 Å². The Bertz CT molecular complexity index is 1650. The van der Waals surface area contributed by atoms with Crippen LogP contribution < -0.4 is 25.4 Å². The quantitative estimate of drug-likeness (QED) is 0.0945. The van der Waals surface area contributed by atoms with E-state index in [-0.39, 0.29) is 13.3 Å². The van der Waals surface area contributed by atoms with Gasteiger partial charge >= 0.3 is 0 Å². The van der Waals surface area contributed by atoms with E-state index in [4.69, 9.17) is 9.47 Å². The Morgan fingerprint density at radius 3 is 1.33 bits per heavy atom. The number of halogens is 3. The molecule has 51 heavy (non-hydrogen) atoms. The van der Waals surface area contributed by atoms with Crippen molar-refractivity contribution in [1.29, 1.82) is 0 Å². The largest absolute Gasteiger partial charge is 0.497 e. The summed E-state index contributed by atoms with van der Waals surface area (Å²) < 4.78 is 13.9. The van der Waals surface area contributed by atoms with E-state index in [0.29, 0.717) is 12.5 Å². The van der Waals surface area contributed by atoms with E-state index >= 15 is 0 Å². The maximum Gasteiger partial charge on any atom is 0.122 e. The molecule has 0 bridgehead atoms. The van der Waals surface area contributed by atoms with Crippen LogP contribution in [0.15, 0.2) is 135 Å².